The lowest BCUT2D eigenvalue weighted by molar-refractivity contribution is 0.108. The molecule has 0 unspecified atom stereocenters. The Kier molecular flexibility index (Phi) is 5.18. The number of carbonyl (C=O) groups excluding carboxylic acids is 1. The van der Waals surface area contributed by atoms with Crippen LogP contribution in [0.2, 0.25) is 0 Å². The third-order valence-corrected chi connectivity index (χ3v) is 2.09. The minimum Gasteiger partial charge on any atom is -0.276 e. The largest absolute Gasteiger partial charge is 0.316 e. The molecule has 1 aromatic carbocycles. The third-order valence-electron chi connectivity index (χ3n) is 1.54. The fourth-order valence-electron chi connectivity index (χ4n) is 0.967. The first kappa shape index (κ1) is 13.8. The second-order valence-corrected chi connectivity index (χ2v) is 3.56. The summed E-state index contributed by atoms with van der Waals surface area (Å²) in [5.41, 5.74) is 0.962. The van der Waals surface area contributed by atoms with Crippen molar-refractivity contribution in [3.63, 3.8) is 0 Å². The fraction of sp³-hybridized carbons (Fsp3) is 0.222. The Balaban J connectivity index is 0.00000196. The Hall–Kier alpha value is -1.20. The van der Waals surface area contributed by atoms with E-state index in [1.165, 1.54) is 12.1 Å². The molecule has 15 heavy (non-hydrogen) atoms. The molecule has 1 aromatic rings. The summed E-state index contributed by atoms with van der Waals surface area (Å²) in [6.07, 6.45) is 0. The van der Waals surface area contributed by atoms with Crippen LogP contribution >= 0.6 is 11.6 Å². The van der Waals surface area contributed by atoms with Gasteiger partial charge in [0, 0.05) is 0 Å². The molecule has 1 rings (SSSR count). The number of nitrogens with zero attached hydrogens (tertiary/aromatic N) is 1. The Morgan fingerprint density at radius 3 is 2.47 bits per heavy atom. The molecule has 0 N–H and O–H groups in total. The molecule has 82 valence electrons. The molecule has 4 nitrogen and oxygen atoms in total. The second-order valence-electron chi connectivity index (χ2n) is 2.60. The SMILES string of the molecule is C.Cc1ccc(N=S(=O)=O)c(C(=O)Cl)c1. The highest BCUT2D eigenvalue weighted by molar-refractivity contribution is 7.61. The van der Waals surface area contributed by atoms with Crippen molar-refractivity contribution in [1.29, 1.82) is 0 Å². The summed E-state index contributed by atoms with van der Waals surface area (Å²) in [7, 11) is -2.59. The van der Waals surface area contributed by atoms with Gasteiger partial charge in [-0.1, -0.05) is 19.1 Å². The van der Waals surface area contributed by atoms with Crippen molar-refractivity contribution in [3.05, 3.63) is 29.3 Å². The van der Waals surface area contributed by atoms with Crippen molar-refractivity contribution < 1.29 is 13.2 Å². The average molecular weight is 248 g/mol. The monoisotopic (exact) mass is 247 g/mol. The summed E-state index contributed by atoms with van der Waals surface area (Å²) in [4.78, 5) is 10.9. The maximum absolute atomic E-state index is 10.9. The highest BCUT2D eigenvalue weighted by Gasteiger charge is 2.08. The van der Waals surface area contributed by atoms with E-state index in [0.717, 1.165) is 5.56 Å². The van der Waals surface area contributed by atoms with Crippen LogP contribution in [0.15, 0.2) is 22.6 Å². The van der Waals surface area contributed by atoms with Crippen LogP contribution in [0.4, 0.5) is 5.69 Å². The van der Waals surface area contributed by atoms with E-state index in [0.29, 0.717) is 0 Å². The number of hydrogen-bond acceptors (Lipinski definition) is 4. The minimum absolute atomic E-state index is 0. The van der Waals surface area contributed by atoms with Crippen LogP contribution in [0, 0.1) is 6.92 Å². The fourth-order valence-corrected chi connectivity index (χ4v) is 1.44. The lowest BCUT2D eigenvalue weighted by Crippen LogP contribution is -1.90. The van der Waals surface area contributed by atoms with Gasteiger partial charge in [-0.15, -0.1) is 4.36 Å². The molecular weight excluding hydrogens is 238 g/mol. The Morgan fingerprint density at radius 2 is 2.00 bits per heavy atom. The predicted molar refractivity (Wildman–Crippen MR) is 59.1 cm³/mol. The first-order valence-corrected chi connectivity index (χ1v) is 5.03. The summed E-state index contributed by atoms with van der Waals surface area (Å²) >= 11 is 5.26. The molecule has 0 aliphatic rings. The van der Waals surface area contributed by atoms with Crippen molar-refractivity contribution in [2.45, 2.75) is 14.4 Å². The molecule has 0 saturated heterocycles. The van der Waals surface area contributed by atoms with Crippen molar-refractivity contribution in [2.24, 2.45) is 4.36 Å². The van der Waals surface area contributed by atoms with Crippen LogP contribution < -0.4 is 0 Å². The van der Waals surface area contributed by atoms with E-state index in [4.69, 9.17) is 11.6 Å². The van der Waals surface area contributed by atoms with E-state index in [2.05, 4.69) is 4.36 Å². The number of carbonyl (C=O) groups is 1. The molecule has 0 aliphatic carbocycles. The van der Waals surface area contributed by atoms with Crippen molar-refractivity contribution in [2.75, 3.05) is 0 Å². The van der Waals surface area contributed by atoms with Gasteiger partial charge in [0.05, 0.1) is 11.3 Å². The highest BCUT2D eigenvalue weighted by Crippen LogP contribution is 2.22. The van der Waals surface area contributed by atoms with Gasteiger partial charge >= 0.3 is 10.5 Å². The summed E-state index contributed by atoms with van der Waals surface area (Å²) in [5.74, 6) is 0. The van der Waals surface area contributed by atoms with Gasteiger partial charge in [0.15, 0.2) is 0 Å². The third kappa shape index (κ3) is 3.81. The molecule has 0 aliphatic heterocycles. The van der Waals surface area contributed by atoms with Gasteiger partial charge in [0.2, 0.25) is 0 Å². The number of rotatable bonds is 2. The molecule has 0 saturated carbocycles. The zero-order valence-corrected chi connectivity index (χ0v) is 8.76. The Morgan fingerprint density at radius 1 is 1.40 bits per heavy atom. The molecule has 0 radical (unpaired) electrons. The summed E-state index contributed by atoms with van der Waals surface area (Å²) < 4.78 is 23.8. The van der Waals surface area contributed by atoms with Crippen LogP contribution in [0.3, 0.4) is 0 Å². The Labute approximate surface area is 94.6 Å². The zero-order chi connectivity index (χ0) is 10.7. The first-order chi connectivity index (χ1) is 6.50. The van der Waals surface area contributed by atoms with Gasteiger partial charge in [-0.05, 0) is 30.7 Å². The predicted octanol–water partition coefficient (Wildman–Crippen LogP) is 2.70. The molecule has 0 fully saturated rings. The number of aryl methyl sites for hydroxylation is 1. The van der Waals surface area contributed by atoms with E-state index in [1.54, 1.807) is 13.0 Å². The van der Waals surface area contributed by atoms with Crippen LogP contribution in [-0.2, 0) is 10.5 Å². The van der Waals surface area contributed by atoms with Crippen LogP contribution in [0.1, 0.15) is 23.3 Å². The van der Waals surface area contributed by atoms with E-state index in [1.807, 2.05) is 0 Å². The maximum Gasteiger partial charge on any atom is 0.316 e. The first-order valence-electron chi connectivity index (χ1n) is 3.62. The molecule has 0 heterocycles. The lowest BCUT2D eigenvalue weighted by atomic mass is 10.1. The second kappa shape index (κ2) is 5.63. The molecule has 0 aromatic heterocycles. The summed E-state index contributed by atoms with van der Waals surface area (Å²) in [6.45, 7) is 1.77. The quantitative estimate of drug-likeness (QED) is 0.755. The summed E-state index contributed by atoms with van der Waals surface area (Å²) in [5, 5.41) is -0.724. The van der Waals surface area contributed by atoms with Crippen molar-refractivity contribution in [3.8, 4) is 0 Å². The van der Waals surface area contributed by atoms with Crippen LogP contribution in [0.25, 0.3) is 0 Å². The standard InChI is InChI=1S/C8H6ClNO3S.CH4/c1-5-2-3-7(10-14(12)13)6(4-5)8(9)11;/h2-4H,1H3;1H4. The smallest absolute Gasteiger partial charge is 0.276 e. The summed E-state index contributed by atoms with van der Waals surface area (Å²) in [6, 6.07) is 4.57. The van der Waals surface area contributed by atoms with Gasteiger partial charge in [0.25, 0.3) is 5.24 Å². The molecule has 0 atom stereocenters. The Bertz CT molecular complexity index is 500. The molecular formula is C9H10ClNO3S. The van der Waals surface area contributed by atoms with Crippen LogP contribution in [0.5, 0.6) is 0 Å². The van der Waals surface area contributed by atoms with Crippen molar-refractivity contribution in [1.82, 2.24) is 0 Å². The molecule has 0 spiro atoms. The van der Waals surface area contributed by atoms with Gasteiger partial charge in [-0.2, -0.15) is 8.42 Å². The average Bonchev–Trinajstić information content (AvgIpc) is 2.07. The van der Waals surface area contributed by atoms with Crippen LogP contribution in [-0.4, -0.2) is 13.7 Å². The van der Waals surface area contributed by atoms with Gasteiger partial charge in [-0.3, -0.25) is 4.79 Å². The number of halogens is 1. The molecule has 0 amide bonds. The van der Waals surface area contributed by atoms with E-state index >= 15 is 0 Å². The molecule has 6 heteroatoms. The van der Waals surface area contributed by atoms with E-state index in [9.17, 15) is 13.2 Å². The van der Waals surface area contributed by atoms with Gasteiger partial charge in [0.1, 0.15) is 0 Å². The topological polar surface area (TPSA) is 63.6 Å². The molecule has 0 bridgehead atoms. The number of hydrogen-bond donors (Lipinski definition) is 0. The van der Waals surface area contributed by atoms with E-state index < -0.39 is 15.7 Å². The van der Waals surface area contributed by atoms with Gasteiger partial charge < -0.3 is 0 Å². The minimum atomic E-state index is -2.59. The lowest BCUT2D eigenvalue weighted by Gasteiger charge is -1.99. The normalized spacial score (nSPS) is 8.93. The highest BCUT2D eigenvalue weighted by atomic mass is 35.5. The van der Waals surface area contributed by atoms with Gasteiger partial charge in [-0.25, -0.2) is 0 Å². The zero-order valence-electron chi connectivity index (χ0n) is 7.19. The maximum atomic E-state index is 10.9. The van der Waals surface area contributed by atoms with E-state index in [-0.39, 0.29) is 18.7 Å². The number of benzene rings is 1. The van der Waals surface area contributed by atoms with Crippen molar-refractivity contribution >= 4 is 33.0 Å².